The first-order chi connectivity index (χ1) is 25.7. The van der Waals surface area contributed by atoms with Crippen LogP contribution in [0.3, 0.4) is 0 Å². The molecule has 4 fully saturated rings. The van der Waals surface area contributed by atoms with Crippen molar-refractivity contribution in [3.8, 4) is 11.5 Å². The number of pyridine rings is 1. The van der Waals surface area contributed by atoms with E-state index in [0.717, 1.165) is 51.6 Å². The van der Waals surface area contributed by atoms with Gasteiger partial charge in [-0.2, -0.15) is 0 Å². The molecule has 4 heterocycles. The van der Waals surface area contributed by atoms with Gasteiger partial charge in [0, 0.05) is 25.4 Å². The van der Waals surface area contributed by atoms with E-state index in [2.05, 4.69) is 9.88 Å². The molecule has 2 bridgehead atoms. The number of carbonyl (C=O) groups excluding carboxylic acids is 2. The van der Waals surface area contributed by atoms with Crippen molar-refractivity contribution in [2.45, 2.75) is 69.8 Å². The summed E-state index contributed by atoms with van der Waals surface area (Å²) < 4.78 is 39.2. The zero-order valence-electron chi connectivity index (χ0n) is 29.5. The second kappa shape index (κ2) is 16.7. The fourth-order valence-electron chi connectivity index (χ4n) is 7.50. The molecule has 278 valence electrons. The van der Waals surface area contributed by atoms with Crippen molar-refractivity contribution in [3.63, 3.8) is 0 Å². The van der Waals surface area contributed by atoms with Crippen LogP contribution in [0, 0.1) is 11.7 Å². The van der Waals surface area contributed by atoms with Gasteiger partial charge in [-0.3, -0.25) is 14.8 Å². The quantitative estimate of drug-likeness (QED) is 0.132. The Balaban J connectivity index is 1.11. The van der Waals surface area contributed by atoms with Gasteiger partial charge >= 0.3 is 12.1 Å². The molecule has 12 heteroatoms. The van der Waals surface area contributed by atoms with Crippen LogP contribution in [0.15, 0.2) is 79.1 Å². The van der Waals surface area contributed by atoms with Crippen LogP contribution < -0.4 is 14.4 Å². The Kier molecular flexibility index (Phi) is 11.7. The normalized spacial score (nSPS) is 20.1. The van der Waals surface area contributed by atoms with Gasteiger partial charge in [0.1, 0.15) is 18.0 Å². The van der Waals surface area contributed by atoms with E-state index in [1.54, 1.807) is 55.6 Å². The average molecular weight is 763 g/mol. The lowest BCUT2D eigenvalue weighted by Gasteiger charge is -2.44. The second-order valence-corrected chi connectivity index (χ2v) is 14.7. The summed E-state index contributed by atoms with van der Waals surface area (Å²) in [6, 6.07) is 18.3. The molecule has 0 spiro atoms. The Morgan fingerprint density at radius 1 is 0.943 bits per heavy atom. The molecule has 53 heavy (non-hydrogen) atoms. The Morgan fingerprint density at radius 2 is 1.66 bits per heavy atom. The number of ether oxygens (including phenoxy) is 4. The summed E-state index contributed by atoms with van der Waals surface area (Å²) in [7, 11) is 1.59. The van der Waals surface area contributed by atoms with E-state index in [-0.39, 0.29) is 36.4 Å². The van der Waals surface area contributed by atoms with Crippen LogP contribution in [0.25, 0.3) is 0 Å². The molecule has 9 nitrogen and oxygen atoms in total. The molecular formula is C41H42Cl2FN3O6. The molecule has 0 N–H and O–H groups in total. The highest BCUT2D eigenvalue weighted by molar-refractivity contribution is 6.35. The van der Waals surface area contributed by atoms with Gasteiger partial charge in [0.2, 0.25) is 0 Å². The van der Waals surface area contributed by atoms with Gasteiger partial charge < -0.3 is 18.9 Å². The third-order valence-electron chi connectivity index (χ3n) is 10.5. The van der Waals surface area contributed by atoms with Crippen molar-refractivity contribution in [1.29, 1.82) is 0 Å². The van der Waals surface area contributed by atoms with Crippen LogP contribution in [-0.2, 0) is 22.4 Å². The number of amides is 1. The van der Waals surface area contributed by atoms with Crippen molar-refractivity contribution in [2.75, 3.05) is 31.6 Å². The molecule has 1 aliphatic carbocycles. The van der Waals surface area contributed by atoms with E-state index in [1.165, 1.54) is 23.4 Å². The summed E-state index contributed by atoms with van der Waals surface area (Å²) >= 11 is 13.0. The first-order valence-electron chi connectivity index (χ1n) is 18.1. The third-order valence-corrected chi connectivity index (χ3v) is 11.1. The SMILES string of the molecule is COc1ccc([C@H](Cc2c(Cl)cncc2Cl)OC(=O)c2ccc(CN(C(=O)O[C@H]3CN4CCC3CC4)c3ccccc3F)cc2)cc1OC1CCCC1. The number of hydrogen-bond donors (Lipinski definition) is 0. The number of benzene rings is 3. The number of aromatic nitrogens is 1. The first-order valence-corrected chi connectivity index (χ1v) is 18.9. The zero-order valence-corrected chi connectivity index (χ0v) is 31.0. The number of piperidine rings is 3. The lowest BCUT2D eigenvalue weighted by Crippen LogP contribution is -2.53. The number of hydrogen-bond acceptors (Lipinski definition) is 8. The summed E-state index contributed by atoms with van der Waals surface area (Å²) in [6.07, 6.45) is 7.71. The highest BCUT2D eigenvalue weighted by Crippen LogP contribution is 2.38. The summed E-state index contributed by atoms with van der Waals surface area (Å²) in [5.74, 6) is 0.341. The molecule has 2 atom stereocenters. The van der Waals surface area contributed by atoms with Crippen molar-refractivity contribution in [1.82, 2.24) is 9.88 Å². The Morgan fingerprint density at radius 3 is 2.32 bits per heavy atom. The molecule has 1 saturated carbocycles. The third kappa shape index (κ3) is 8.72. The van der Waals surface area contributed by atoms with Crippen molar-refractivity contribution in [2.24, 2.45) is 5.92 Å². The predicted molar refractivity (Wildman–Crippen MR) is 200 cm³/mol. The maximum absolute atomic E-state index is 15.1. The van der Waals surface area contributed by atoms with Crippen LogP contribution in [0.4, 0.5) is 14.9 Å². The number of para-hydroxylation sites is 1. The predicted octanol–water partition coefficient (Wildman–Crippen LogP) is 9.24. The van der Waals surface area contributed by atoms with E-state index in [0.29, 0.717) is 50.7 Å². The van der Waals surface area contributed by atoms with Gasteiger partial charge in [-0.05, 0) is 111 Å². The molecule has 4 aromatic rings. The van der Waals surface area contributed by atoms with Crippen LogP contribution in [0.1, 0.15) is 71.7 Å². The smallest absolute Gasteiger partial charge is 0.415 e. The number of fused-ring (bicyclic) bond motifs is 3. The number of rotatable bonds is 12. The number of nitrogens with zero attached hydrogens (tertiary/aromatic N) is 3. The highest BCUT2D eigenvalue weighted by Gasteiger charge is 2.38. The topological polar surface area (TPSA) is 90.4 Å². The van der Waals surface area contributed by atoms with Gasteiger partial charge in [0.05, 0.1) is 41.1 Å². The maximum atomic E-state index is 15.1. The summed E-state index contributed by atoms with van der Waals surface area (Å²) in [5.41, 5.74) is 2.34. The van der Waals surface area contributed by atoms with Gasteiger partial charge in [-0.1, -0.05) is 53.5 Å². The Labute approximate surface area is 318 Å². The molecule has 1 aromatic heterocycles. The number of carbonyl (C=O) groups is 2. The molecule has 3 aliphatic heterocycles. The summed E-state index contributed by atoms with van der Waals surface area (Å²) in [5, 5.41) is 0.704. The minimum absolute atomic E-state index is 0.0352. The van der Waals surface area contributed by atoms with Crippen molar-refractivity contribution in [3.05, 3.63) is 117 Å². The van der Waals surface area contributed by atoms with E-state index in [4.69, 9.17) is 42.1 Å². The largest absolute Gasteiger partial charge is 0.493 e. The molecular weight excluding hydrogens is 720 g/mol. The number of methoxy groups -OCH3 is 1. The van der Waals surface area contributed by atoms with Crippen LogP contribution >= 0.6 is 23.2 Å². The van der Waals surface area contributed by atoms with Gasteiger partial charge in [-0.15, -0.1) is 0 Å². The lowest BCUT2D eigenvalue weighted by molar-refractivity contribution is -0.0311. The standard InChI is InChI=1S/C41H42Cl2FN3O6/c1-50-36-15-14-29(20-38(36)51-30-6-2-3-7-30)37(21-31-32(42)22-45-23-33(31)43)52-40(48)28-12-10-26(11-13-28)24-47(35-9-5-4-8-34(35)44)41(49)53-39-25-46-18-16-27(39)17-19-46/h4-5,8-15,20,22-23,27,30,37,39H,2-3,6-7,16-19,21,24-25H2,1H3/t37-,39-/m0/s1. The molecule has 3 saturated heterocycles. The molecule has 0 unspecified atom stereocenters. The number of esters is 1. The molecule has 0 radical (unpaired) electrons. The summed E-state index contributed by atoms with van der Waals surface area (Å²) in [4.78, 5) is 35.1. The molecule has 8 rings (SSSR count). The minimum Gasteiger partial charge on any atom is -0.493 e. The van der Waals surface area contributed by atoms with E-state index in [9.17, 15) is 9.59 Å². The molecule has 1 amide bonds. The number of anilines is 1. The lowest BCUT2D eigenvalue weighted by atomic mass is 9.86. The highest BCUT2D eigenvalue weighted by atomic mass is 35.5. The Bertz CT molecular complexity index is 1900. The average Bonchev–Trinajstić information content (AvgIpc) is 3.69. The maximum Gasteiger partial charge on any atom is 0.415 e. The molecule has 4 aliphatic rings. The zero-order chi connectivity index (χ0) is 36.9. The second-order valence-electron chi connectivity index (χ2n) is 13.9. The van der Waals surface area contributed by atoms with Crippen LogP contribution in [-0.4, -0.2) is 60.9 Å². The van der Waals surface area contributed by atoms with Gasteiger partial charge in [0.25, 0.3) is 0 Å². The summed E-state index contributed by atoms with van der Waals surface area (Å²) in [6.45, 7) is 2.73. The van der Waals surface area contributed by atoms with Gasteiger partial charge in [-0.25, -0.2) is 14.0 Å². The molecule has 3 aromatic carbocycles. The fraction of sp³-hybridized carbons (Fsp3) is 0.390. The Hall–Kier alpha value is -4.38. The van der Waals surface area contributed by atoms with E-state index >= 15 is 4.39 Å². The first kappa shape index (κ1) is 37.0. The fourth-order valence-corrected chi connectivity index (χ4v) is 8.02. The monoisotopic (exact) mass is 761 g/mol. The van der Waals surface area contributed by atoms with Crippen molar-refractivity contribution >= 4 is 41.0 Å². The number of halogens is 3. The van der Waals surface area contributed by atoms with Gasteiger partial charge in [0.15, 0.2) is 11.5 Å². The minimum atomic E-state index is -0.797. The van der Waals surface area contributed by atoms with E-state index < -0.39 is 24.0 Å². The van der Waals surface area contributed by atoms with Crippen molar-refractivity contribution < 1.29 is 32.9 Å². The van der Waals surface area contributed by atoms with Crippen LogP contribution in [0.5, 0.6) is 11.5 Å². The van der Waals surface area contributed by atoms with Crippen LogP contribution in [0.2, 0.25) is 10.0 Å². The van der Waals surface area contributed by atoms with E-state index in [1.807, 2.05) is 12.1 Å².